The number of anilines is 1. The fraction of sp³-hybridized carbons (Fsp3) is 0.182. The number of aromatic nitrogens is 2. The molecule has 0 saturated carbocycles. The Morgan fingerprint density at radius 3 is 2.39 bits per heavy atom. The van der Waals surface area contributed by atoms with E-state index in [1.165, 1.54) is 16.2 Å². The van der Waals surface area contributed by atoms with Gasteiger partial charge in [-0.05, 0) is 55.8 Å². The number of Topliss-reactive ketones (excluding diaryl/α,β-unsaturated/α-hetero) is 1. The average Bonchev–Trinajstić information content (AvgIpc) is 3.30. The molecule has 4 rings (SSSR count). The van der Waals surface area contributed by atoms with Gasteiger partial charge in [-0.25, -0.2) is 0 Å². The van der Waals surface area contributed by atoms with Gasteiger partial charge in [-0.3, -0.25) is 14.5 Å². The molecule has 31 heavy (non-hydrogen) atoms. The van der Waals surface area contributed by atoms with Gasteiger partial charge in [0.05, 0.1) is 18.2 Å². The van der Waals surface area contributed by atoms with Gasteiger partial charge < -0.3 is 9.84 Å². The summed E-state index contributed by atoms with van der Waals surface area (Å²) in [5.74, 6) is -1.13. The molecule has 0 aliphatic carbocycles. The van der Waals surface area contributed by atoms with Gasteiger partial charge in [-0.1, -0.05) is 39.4 Å². The number of amides is 1. The Balaban J connectivity index is 1.87. The summed E-state index contributed by atoms with van der Waals surface area (Å²) in [7, 11) is 0. The van der Waals surface area contributed by atoms with Crippen molar-refractivity contribution in [2.75, 3.05) is 11.5 Å². The number of carbonyl (C=O) groups is 2. The molecule has 0 spiro atoms. The molecule has 1 aliphatic rings. The minimum Gasteiger partial charge on any atom is -0.507 e. The first-order chi connectivity index (χ1) is 14.9. The minimum atomic E-state index is -0.827. The first kappa shape index (κ1) is 21.2. The van der Waals surface area contributed by atoms with E-state index in [2.05, 4.69) is 26.1 Å². The van der Waals surface area contributed by atoms with Crippen molar-refractivity contribution < 1.29 is 19.4 Å². The molecule has 0 bridgehead atoms. The third-order valence-electron chi connectivity index (χ3n) is 4.79. The zero-order valence-electron chi connectivity index (χ0n) is 16.7. The smallest absolute Gasteiger partial charge is 0.301 e. The van der Waals surface area contributed by atoms with E-state index < -0.39 is 17.7 Å². The first-order valence-electron chi connectivity index (χ1n) is 9.50. The number of nitrogens with zero attached hydrogens (tertiary/aromatic N) is 3. The van der Waals surface area contributed by atoms with Gasteiger partial charge in [-0.2, -0.15) is 0 Å². The monoisotopic (exact) mass is 499 g/mol. The zero-order valence-corrected chi connectivity index (χ0v) is 19.1. The topological polar surface area (TPSA) is 92.6 Å². The fourth-order valence-electron chi connectivity index (χ4n) is 3.40. The quantitative estimate of drug-likeness (QED) is 0.312. The highest BCUT2D eigenvalue weighted by atomic mass is 79.9. The van der Waals surface area contributed by atoms with Crippen LogP contribution in [0.25, 0.3) is 5.76 Å². The summed E-state index contributed by atoms with van der Waals surface area (Å²) < 4.78 is 6.29. The Hall–Kier alpha value is -3.04. The Morgan fingerprint density at radius 1 is 1.13 bits per heavy atom. The highest BCUT2D eigenvalue weighted by molar-refractivity contribution is 9.10. The number of ether oxygens (including phenoxy) is 1. The number of aryl methyl sites for hydroxylation is 1. The molecule has 1 aromatic heterocycles. The lowest BCUT2D eigenvalue weighted by Gasteiger charge is -2.22. The third-order valence-corrected chi connectivity index (χ3v) is 6.16. The van der Waals surface area contributed by atoms with Crippen LogP contribution in [0.15, 0.2) is 58.6 Å². The Bertz CT molecular complexity index is 1170. The molecule has 1 N–H and O–H groups in total. The predicted molar refractivity (Wildman–Crippen MR) is 121 cm³/mol. The van der Waals surface area contributed by atoms with Crippen LogP contribution >= 0.6 is 27.3 Å². The molecule has 1 amide bonds. The molecule has 9 heteroatoms. The average molecular weight is 500 g/mol. The number of benzene rings is 2. The van der Waals surface area contributed by atoms with E-state index in [1.54, 1.807) is 43.3 Å². The van der Waals surface area contributed by atoms with Crippen molar-refractivity contribution in [1.29, 1.82) is 0 Å². The summed E-state index contributed by atoms with van der Waals surface area (Å²) in [6.07, 6.45) is 0. The molecule has 3 aromatic rings. The SMILES string of the molecule is CCOc1ccc(/C(O)=C2\C(=O)C(=O)N(c3nnc(C)s3)C2c2ccc(Br)cc2)cc1. The maximum absolute atomic E-state index is 13.0. The van der Waals surface area contributed by atoms with E-state index in [1.807, 2.05) is 19.1 Å². The third kappa shape index (κ3) is 3.98. The van der Waals surface area contributed by atoms with E-state index in [-0.39, 0.29) is 11.3 Å². The maximum Gasteiger partial charge on any atom is 0.301 e. The highest BCUT2D eigenvalue weighted by Crippen LogP contribution is 2.43. The summed E-state index contributed by atoms with van der Waals surface area (Å²) in [5, 5.41) is 20.1. The van der Waals surface area contributed by atoms with Crippen LogP contribution in [0.4, 0.5) is 5.13 Å². The van der Waals surface area contributed by atoms with Crippen LogP contribution in [0, 0.1) is 6.92 Å². The fourth-order valence-corrected chi connectivity index (χ4v) is 4.38. The Kier molecular flexibility index (Phi) is 5.88. The molecule has 1 aliphatic heterocycles. The molecule has 1 saturated heterocycles. The molecule has 2 heterocycles. The van der Waals surface area contributed by atoms with Crippen molar-refractivity contribution in [3.05, 3.63) is 74.7 Å². The number of aliphatic hydroxyl groups is 1. The molecule has 7 nitrogen and oxygen atoms in total. The first-order valence-corrected chi connectivity index (χ1v) is 11.1. The van der Waals surface area contributed by atoms with Crippen molar-refractivity contribution in [2.24, 2.45) is 0 Å². The molecule has 158 valence electrons. The van der Waals surface area contributed by atoms with Crippen LogP contribution in [0.3, 0.4) is 0 Å². The number of ketones is 1. The second-order valence-corrected chi connectivity index (χ2v) is 8.86. The van der Waals surface area contributed by atoms with Gasteiger partial charge in [0.25, 0.3) is 5.78 Å². The van der Waals surface area contributed by atoms with Crippen molar-refractivity contribution in [3.63, 3.8) is 0 Å². The molecular weight excluding hydrogens is 482 g/mol. The Labute approximate surface area is 191 Å². The van der Waals surface area contributed by atoms with E-state index >= 15 is 0 Å². The summed E-state index contributed by atoms with van der Waals surface area (Å²) in [6.45, 7) is 4.16. The molecule has 0 radical (unpaired) electrons. The van der Waals surface area contributed by atoms with Gasteiger partial charge >= 0.3 is 5.91 Å². The normalized spacial score (nSPS) is 17.9. The summed E-state index contributed by atoms with van der Waals surface area (Å²) in [4.78, 5) is 27.3. The number of aliphatic hydroxyl groups excluding tert-OH is 1. The number of carbonyl (C=O) groups excluding carboxylic acids is 2. The number of halogens is 1. The van der Waals surface area contributed by atoms with E-state index in [9.17, 15) is 14.7 Å². The van der Waals surface area contributed by atoms with Crippen molar-refractivity contribution in [2.45, 2.75) is 19.9 Å². The van der Waals surface area contributed by atoms with Crippen molar-refractivity contribution in [3.8, 4) is 5.75 Å². The van der Waals surface area contributed by atoms with Gasteiger partial charge in [0.15, 0.2) is 0 Å². The number of rotatable bonds is 5. The van der Waals surface area contributed by atoms with Crippen LogP contribution in [0.1, 0.15) is 29.1 Å². The number of hydrogen-bond donors (Lipinski definition) is 1. The summed E-state index contributed by atoms with van der Waals surface area (Å²) in [5.41, 5.74) is 1.09. The number of hydrogen-bond acceptors (Lipinski definition) is 7. The highest BCUT2D eigenvalue weighted by Gasteiger charge is 2.48. The van der Waals surface area contributed by atoms with E-state index in [0.717, 1.165) is 4.47 Å². The van der Waals surface area contributed by atoms with Crippen LogP contribution in [-0.2, 0) is 9.59 Å². The predicted octanol–water partition coefficient (Wildman–Crippen LogP) is 4.63. The van der Waals surface area contributed by atoms with Gasteiger partial charge in [-0.15, -0.1) is 10.2 Å². The second-order valence-electron chi connectivity index (χ2n) is 6.78. The lowest BCUT2D eigenvalue weighted by Crippen LogP contribution is -2.29. The van der Waals surface area contributed by atoms with Crippen molar-refractivity contribution in [1.82, 2.24) is 10.2 Å². The van der Waals surface area contributed by atoms with Crippen molar-refractivity contribution >= 4 is 49.8 Å². The van der Waals surface area contributed by atoms with E-state index in [0.29, 0.717) is 33.6 Å². The van der Waals surface area contributed by atoms with Crippen LogP contribution < -0.4 is 9.64 Å². The molecule has 2 aromatic carbocycles. The zero-order chi connectivity index (χ0) is 22.1. The Morgan fingerprint density at radius 2 is 1.81 bits per heavy atom. The summed E-state index contributed by atoms with van der Waals surface area (Å²) in [6, 6.07) is 13.1. The van der Waals surface area contributed by atoms with Gasteiger partial charge in [0.2, 0.25) is 5.13 Å². The molecule has 1 unspecified atom stereocenters. The molecule has 1 fully saturated rings. The largest absolute Gasteiger partial charge is 0.507 e. The van der Waals surface area contributed by atoms with E-state index in [4.69, 9.17) is 4.74 Å². The molecule has 1 atom stereocenters. The van der Waals surface area contributed by atoms with Gasteiger partial charge in [0, 0.05) is 10.0 Å². The van der Waals surface area contributed by atoms with Crippen LogP contribution in [-0.4, -0.2) is 33.6 Å². The lowest BCUT2D eigenvalue weighted by molar-refractivity contribution is -0.132. The lowest BCUT2D eigenvalue weighted by atomic mass is 9.95. The van der Waals surface area contributed by atoms with Gasteiger partial charge in [0.1, 0.15) is 16.5 Å². The van der Waals surface area contributed by atoms with Crippen LogP contribution in [0.5, 0.6) is 5.75 Å². The standard InChI is InChI=1S/C22H18BrN3O4S/c1-3-30-16-10-6-14(7-11-16)19(27)17-18(13-4-8-15(23)9-5-13)26(21(29)20(17)28)22-25-24-12(2)31-22/h4-11,18,27H,3H2,1-2H3/b19-17+. The minimum absolute atomic E-state index is 0.00401. The second kappa shape index (κ2) is 8.60. The maximum atomic E-state index is 13.0. The van der Waals surface area contributed by atoms with Crippen LogP contribution in [0.2, 0.25) is 0 Å². The summed E-state index contributed by atoms with van der Waals surface area (Å²) >= 11 is 4.61. The molecular formula is C22H18BrN3O4S.